The van der Waals surface area contributed by atoms with Crippen LogP contribution in [0.5, 0.6) is 0 Å². The Morgan fingerprint density at radius 1 is 0.720 bits per heavy atom. The van der Waals surface area contributed by atoms with Crippen molar-refractivity contribution in [3.05, 3.63) is 48.5 Å². The maximum atomic E-state index is 12.6. The molecule has 0 aliphatic rings. The highest BCUT2D eigenvalue weighted by Crippen LogP contribution is 3.02. The maximum absolute atomic E-state index is 12.6. The molecular weight excluding hydrogens is 361 g/mol. The van der Waals surface area contributed by atoms with Gasteiger partial charge in [-0.05, 0) is 62.4 Å². The Balaban J connectivity index is 2.15. The van der Waals surface area contributed by atoms with Crippen LogP contribution in [0, 0.1) is 0 Å². The lowest BCUT2D eigenvalue weighted by molar-refractivity contribution is 0.364. The molecule has 0 N–H and O–H groups in total. The standard InChI is InChI=1S/C16H18F5N3S/c1-3-24(4-2)15-9-5-13(6-10-15)22-23-14-7-11-16(12-8-14)25(17,18,19,20)21/h5-12H,3-4H2,1-2H3. The number of hydrogen-bond donors (Lipinski definition) is 0. The van der Waals surface area contributed by atoms with Crippen molar-refractivity contribution in [2.75, 3.05) is 18.0 Å². The Morgan fingerprint density at radius 3 is 1.48 bits per heavy atom. The first kappa shape index (κ1) is 19.2. The molecule has 3 nitrogen and oxygen atoms in total. The highest BCUT2D eigenvalue weighted by molar-refractivity contribution is 8.45. The Kier molecular flexibility index (Phi) is 4.58. The Morgan fingerprint density at radius 2 is 1.12 bits per heavy atom. The van der Waals surface area contributed by atoms with Crippen molar-refractivity contribution in [2.24, 2.45) is 10.2 Å². The molecule has 2 rings (SSSR count). The predicted octanol–water partition coefficient (Wildman–Crippen LogP) is 7.61. The van der Waals surface area contributed by atoms with Crippen LogP contribution in [0.4, 0.5) is 36.5 Å². The fourth-order valence-corrected chi connectivity index (χ4v) is 2.85. The van der Waals surface area contributed by atoms with E-state index in [4.69, 9.17) is 0 Å². The average Bonchev–Trinajstić information content (AvgIpc) is 2.53. The fourth-order valence-electron chi connectivity index (χ4n) is 2.20. The smallest absolute Gasteiger partial charge is 0.310 e. The lowest BCUT2D eigenvalue weighted by Gasteiger charge is -2.40. The van der Waals surface area contributed by atoms with Crippen LogP contribution in [0.1, 0.15) is 13.8 Å². The van der Waals surface area contributed by atoms with E-state index in [0.29, 0.717) is 17.8 Å². The Bertz CT molecular complexity index is 752. The molecule has 0 spiro atoms. The first-order valence-electron chi connectivity index (χ1n) is 7.54. The van der Waals surface area contributed by atoms with Gasteiger partial charge in [-0.15, -0.1) is 0 Å². The van der Waals surface area contributed by atoms with E-state index in [-0.39, 0.29) is 5.69 Å². The number of nitrogens with zero attached hydrogens (tertiary/aromatic N) is 3. The molecule has 0 unspecified atom stereocenters. The van der Waals surface area contributed by atoms with Gasteiger partial charge in [-0.1, -0.05) is 19.4 Å². The summed E-state index contributed by atoms with van der Waals surface area (Å²) < 4.78 is 63.2. The zero-order valence-electron chi connectivity index (χ0n) is 13.7. The zero-order chi connectivity index (χ0) is 18.8. The van der Waals surface area contributed by atoms with Crippen LogP contribution in [-0.4, -0.2) is 13.1 Å². The molecule has 9 heteroatoms. The van der Waals surface area contributed by atoms with Gasteiger partial charge < -0.3 is 4.90 Å². The molecule has 0 aliphatic carbocycles. The molecule has 0 heterocycles. The molecule has 0 saturated heterocycles. The van der Waals surface area contributed by atoms with Crippen LogP contribution in [0.15, 0.2) is 63.7 Å². The summed E-state index contributed by atoms with van der Waals surface area (Å²) >= 11 is 0. The third-order valence-corrected chi connectivity index (χ3v) is 4.70. The van der Waals surface area contributed by atoms with E-state index in [0.717, 1.165) is 30.9 Å². The summed E-state index contributed by atoms with van der Waals surface area (Å²) in [5.41, 5.74) is 1.58. The lowest BCUT2D eigenvalue weighted by atomic mass is 10.2. The second-order valence-corrected chi connectivity index (χ2v) is 7.76. The average molecular weight is 379 g/mol. The number of rotatable bonds is 6. The van der Waals surface area contributed by atoms with E-state index < -0.39 is 15.1 Å². The van der Waals surface area contributed by atoms with E-state index >= 15 is 0 Å². The van der Waals surface area contributed by atoms with Gasteiger partial charge >= 0.3 is 10.2 Å². The SMILES string of the molecule is CCN(CC)c1ccc(N=Nc2ccc(S(F)(F)(F)(F)F)cc2)cc1. The summed E-state index contributed by atoms with van der Waals surface area (Å²) in [6, 6.07) is 9.53. The van der Waals surface area contributed by atoms with E-state index in [1.54, 1.807) is 12.1 Å². The second-order valence-electron chi connectivity index (χ2n) is 5.35. The molecule has 0 fully saturated rings. The summed E-state index contributed by atoms with van der Waals surface area (Å²) in [6.07, 6.45) is 0. The van der Waals surface area contributed by atoms with Crippen LogP contribution in [0.3, 0.4) is 0 Å². The van der Waals surface area contributed by atoms with Crippen molar-refractivity contribution in [3.8, 4) is 0 Å². The molecule has 2 aromatic rings. The summed E-state index contributed by atoms with van der Waals surface area (Å²) in [5, 5.41) is 7.67. The van der Waals surface area contributed by atoms with Gasteiger partial charge in [0.1, 0.15) is 4.90 Å². The number of benzene rings is 2. The summed E-state index contributed by atoms with van der Waals surface area (Å²) in [4.78, 5) is 0.196. The van der Waals surface area contributed by atoms with Crippen LogP contribution in [0.2, 0.25) is 0 Å². The maximum Gasteiger partial charge on any atom is 0.310 e. The number of anilines is 1. The highest BCUT2D eigenvalue weighted by atomic mass is 32.5. The van der Waals surface area contributed by atoms with Gasteiger partial charge in [0.05, 0.1) is 11.4 Å². The molecule has 0 aliphatic heterocycles. The topological polar surface area (TPSA) is 28.0 Å². The largest absolute Gasteiger partial charge is 0.372 e. The van der Waals surface area contributed by atoms with E-state index in [1.807, 2.05) is 26.0 Å². The van der Waals surface area contributed by atoms with Gasteiger partial charge in [0.25, 0.3) is 0 Å². The van der Waals surface area contributed by atoms with E-state index in [9.17, 15) is 19.4 Å². The van der Waals surface area contributed by atoms with Gasteiger partial charge in [-0.2, -0.15) is 10.2 Å². The van der Waals surface area contributed by atoms with Crippen molar-refractivity contribution >= 4 is 27.3 Å². The molecule has 0 bridgehead atoms. The van der Waals surface area contributed by atoms with Crippen molar-refractivity contribution in [1.82, 2.24) is 0 Å². The van der Waals surface area contributed by atoms with Crippen LogP contribution in [-0.2, 0) is 0 Å². The first-order valence-corrected chi connectivity index (χ1v) is 9.49. The summed E-state index contributed by atoms with van der Waals surface area (Å²) in [7, 11) is -9.65. The molecular formula is C16H18F5N3S. The van der Waals surface area contributed by atoms with Gasteiger partial charge in [-0.3, -0.25) is 0 Å². The lowest BCUT2D eigenvalue weighted by Crippen LogP contribution is -2.21. The van der Waals surface area contributed by atoms with Crippen molar-refractivity contribution in [1.29, 1.82) is 0 Å². The molecule has 0 aromatic heterocycles. The summed E-state index contributed by atoms with van der Waals surface area (Å²) in [5.74, 6) is 0. The van der Waals surface area contributed by atoms with Crippen LogP contribution < -0.4 is 4.90 Å². The Hall–Kier alpha value is -2.16. The fraction of sp³-hybridized carbons (Fsp3) is 0.250. The van der Waals surface area contributed by atoms with Gasteiger partial charge in [0.2, 0.25) is 0 Å². The molecule has 25 heavy (non-hydrogen) atoms. The van der Waals surface area contributed by atoms with Crippen molar-refractivity contribution in [2.45, 2.75) is 18.7 Å². The van der Waals surface area contributed by atoms with Gasteiger partial charge in [0.15, 0.2) is 0 Å². The van der Waals surface area contributed by atoms with Gasteiger partial charge in [-0.25, -0.2) is 0 Å². The van der Waals surface area contributed by atoms with Crippen LogP contribution in [0.25, 0.3) is 0 Å². The van der Waals surface area contributed by atoms with E-state index in [1.165, 1.54) is 0 Å². The minimum Gasteiger partial charge on any atom is -0.372 e. The zero-order valence-corrected chi connectivity index (χ0v) is 14.5. The van der Waals surface area contributed by atoms with Gasteiger partial charge in [0, 0.05) is 18.8 Å². The third kappa shape index (κ3) is 5.15. The quantitative estimate of drug-likeness (QED) is 0.375. The number of hydrogen-bond acceptors (Lipinski definition) is 3. The summed E-state index contributed by atoms with van der Waals surface area (Å²) in [6.45, 7) is 5.78. The normalized spacial score (nSPS) is 15.0. The molecule has 2 aromatic carbocycles. The highest BCUT2D eigenvalue weighted by Gasteiger charge is 2.65. The van der Waals surface area contributed by atoms with E-state index in [2.05, 4.69) is 15.1 Å². The second kappa shape index (κ2) is 5.98. The molecule has 0 atom stereocenters. The minimum absolute atomic E-state index is 0.0541. The molecule has 0 saturated carbocycles. The number of halogens is 5. The first-order chi connectivity index (χ1) is 11.4. The molecule has 0 radical (unpaired) electrons. The monoisotopic (exact) mass is 379 g/mol. The third-order valence-electron chi connectivity index (χ3n) is 3.54. The van der Waals surface area contributed by atoms with Crippen molar-refractivity contribution in [3.63, 3.8) is 0 Å². The minimum atomic E-state index is -9.65. The number of azo groups is 1. The molecule has 0 amide bonds. The predicted molar refractivity (Wildman–Crippen MR) is 92.0 cm³/mol. The van der Waals surface area contributed by atoms with Crippen molar-refractivity contribution < 1.29 is 19.4 Å². The van der Waals surface area contributed by atoms with Crippen LogP contribution >= 0.6 is 10.2 Å². The Labute approximate surface area is 142 Å². The molecule has 138 valence electrons.